The lowest BCUT2D eigenvalue weighted by molar-refractivity contribution is -0.136. The van der Waals surface area contributed by atoms with Crippen LogP contribution in [-0.4, -0.2) is 16.2 Å². The molecule has 0 aromatic heterocycles. The fraction of sp³-hybridized carbons (Fsp3) is 0.154. The Morgan fingerprint density at radius 3 is 2.69 bits per heavy atom. The van der Waals surface area contributed by atoms with Crippen LogP contribution in [0.2, 0.25) is 0 Å². The fourth-order valence-electron chi connectivity index (χ4n) is 1.85. The van der Waals surface area contributed by atoms with Crippen LogP contribution in [-0.2, 0) is 11.2 Å². The van der Waals surface area contributed by atoms with E-state index in [1.54, 1.807) is 0 Å². The minimum Gasteiger partial charge on any atom is -0.507 e. The zero-order valence-corrected chi connectivity index (χ0v) is 8.90. The van der Waals surface area contributed by atoms with Gasteiger partial charge in [0.05, 0.1) is 6.42 Å². The third-order valence-corrected chi connectivity index (χ3v) is 2.61. The van der Waals surface area contributed by atoms with Crippen LogP contribution >= 0.6 is 0 Å². The van der Waals surface area contributed by atoms with Crippen molar-refractivity contribution in [3.63, 3.8) is 0 Å². The largest absolute Gasteiger partial charge is 0.507 e. The number of aromatic hydroxyl groups is 1. The van der Waals surface area contributed by atoms with Gasteiger partial charge in [-0.25, -0.2) is 0 Å². The molecule has 0 radical (unpaired) electrons. The van der Waals surface area contributed by atoms with Gasteiger partial charge in [0, 0.05) is 5.39 Å². The maximum Gasteiger partial charge on any atom is 0.307 e. The predicted molar refractivity (Wildman–Crippen MR) is 61.7 cm³/mol. The number of carboxylic acids is 1. The molecule has 82 valence electrons. The van der Waals surface area contributed by atoms with Gasteiger partial charge in [-0.2, -0.15) is 0 Å². The summed E-state index contributed by atoms with van der Waals surface area (Å²) in [5.41, 5.74) is 1.65. The van der Waals surface area contributed by atoms with Gasteiger partial charge in [-0.3, -0.25) is 4.79 Å². The number of phenols is 1. The highest BCUT2D eigenvalue weighted by molar-refractivity contribution is 5.91. The quantitative estimate of drug-likeness (QED) is 0.810. The monoisotopic (exact) mass is 216 g/mol. The molecule has 0 saturated heterocycles. The zero-order valence-electron chi connectivity index (χ0n) is 8.90. The van der Waals surface area contributed by atoms with E-state index < -0.39 is 5.97 Å². The number of hydrogen-bond donors (Lipinski definition) is 2. The minimum absolute atomic E-state index is 0.0716. The molecule has 0 bridgehead atoms. The standard InChI is InChI=1S/C13H12O3/c1-8-3-2-4-10-11(8)5-9(6-12(10)14)7-13(15)16/h2-6,14H,7H2,1H3,(H,15,16). The second-order valence-electron chi connectivity index (χ2n) is 3.86. The van der Waals surface area contributed by atoms with Crippen molar-refractivity contribution in [3.8, 4) is 5.75 Å². The Kier molecular flexibility index (Phi) is 2.52. The zero-order chi connectivity index (χ0) is 11.7. The summed E-state index contributed by atoms with van der Waals surface area (Å²) in [5, 5.41) is 20.2. The van der Waals surface area contributed by atoms with E-state index in [0.717, 1.165) is 16.3 Å². The Bertz CT molecular complexity index is 558. The summed E-state index contributed by atoms with van der Waals surface area (Å²) in [6.07, 6.45) is -0.0716. The topological polar surface area (TPSA) is 57.5 Å². The average molecular weight is 216 g/mol. The van der Waals surface area contributed by atoms with E-state index >= 15 is 0 Å². The molecule has 0 saturated carbocycles. The SMILES string of the molecule is Cc1cccc2c(O)cc(CC(=O)O)cc12. The number of aryl methyl sites for hydroxylation is 1. The molecule has 0 heterocycles. The van der Waals surface area contributed by atoms with Crippen LogP contribution in [0.4, 0.5) is 0 Å². The van der Waals surface area contributed by atoms with Gasteiger partial charge in [0.1, 0.15) is 5.75 Å². The third-order valence-electron chi connectivity index (χ3n) is 2.61. The maximum atomic E-state index is 10.6. The van der Waals surface area contributed by atoms with Gasteiger partial charge in [0.15, 0.2) is 0 Å². The number of phenolic OH excluding ortho intramolecular Hbond substituents is 1. The van der Waals surface area contributed by atoms with Crippen molar-refractivity contribution in [2.24, 2.45) is 0 Å². The number of carbonyl (C=O) groups is 1. The molecule has 3 nitrogen and oxygen atoms in total. The Hall–Kier alpha value is -2.03. The molecule has 0 unspecified atom stereocenters. The van der Waals surface area contributed by atoms with Crippen LogP contribution in [0.1, 0.15) is 11.1 Å². The summed E-state index contributed by atoms with van der Waals surface area (Å²) in [7, 11) is 0. The van der Waals surface area contributed by atoms with E-state index in [-0.39, 0.29) is 12.2 Å². The summed E-state index contributed by atoms with van der Waals surface area (Å²) in [5.74, 6) is -0.759. The number of fused-ring (bicyclic) bond motifs is 1. The maximum absolute atomic E-state index is 10.6. The summed E-state index contributed by atoms with van der Waals surface area (Å²) in [6, 6.07) is 8.96. The molecule has 0 spiro atoms. The molecule has 0 aliphatic heterocycles. The van der Waals surface area contributed by atoms with Gasteiger partial charge in [0.25, 0.3) is 0 Å². The molecule has 2 rings (SSSR count). The first-order valence-electron chi connectivity index (χ1n) is 5.01. The van der Waals surface area contributed by atoms with Crippen molar-refractivity contribution in [3.05, 3.63) is 41.5 Å². The number of benzene rings is 2. The van der Waals surface area contributed by atoms with Crippen LogP contribution in [0.3, 0.4) is 0 Å². The molecule has 2 aromatic carbocycles. The molecular weight excluding hydrogens is 204 g/mol. The lowest BCUT2D eigenvalue weighted by Gasteiger charge is -2.06. The van der Waals surface area contributed by atoms with Crippen molar-refractivity contribution in [2.75, 3.05) is 0 Å². The van der Waals surface area contributed by atoms with Crippen molar-refractivity contribution in [2.45, 2.75) is 13.3 Å². The average Bonchev–Trinajstić information content (AvgIpc) is 2.19. The Labute approximate surface area is 93.0 Å². The van der Waals surface area contributed by atoms with Crippen LogP contribution < -0.4 is 0 Å². The molecular formula is C13H12O3. The van der Waals surface area contributed by atoms with Crippen LogP contribution in [0.25, 0.3) is 10.8 Å². The second-order valence-corrected chi connectivity index (χ2v) is 3.86. The lowest BCUT2D eigenvalue weighted by Crippen LogP contribution is -1.99. The number of aliphatic carboxylic acids is 1. The lowest BCUT2D eigenvalue weighted by atomic mass is 10.0. The molecule has 2 aromatic rings. The van der Waals surface area contributed by atoms with Crippen LogP contribution in [0, 0.1) is 6.92 Å². The van der Waals surface area contributed by atoms with E-state index in [4.69, 9.17) is 5.11 Å². The van der Waals surface area contributed by atoms with Crippen molar-refractivity contribution < 1.29 is 15.0 Å². The van der Waals surface area contributed by atoms with Crippen LogP contribution in [0.15, 0.2) is 30.3 Å². The number of carboxylic acid groups (broad SMARTS) is 1. The highest BCUT2D eigenvalue weighted by Gasteiger charge is 2.07. The van der Waals surface area contributed by atoms with E-state index in [1.807, 2.05) is 31.2 Å². The smallest absolute Gasteiger partial charge is 0.307 e. The van der Waals surface area contributed by atoms with E-state index in [0.29, 0.717) is 5.56 Å². The van der Waals surface area contributed by atoms with Crippen molar-refractivity contribution >= 4 is 16.7 Å². The van der Waals surface area contributed by atoms with E-state index in [2.05, 4.69) is 0 Å². The summed E-state index contributed by atoms with van der Waals surface area (Å²) in [6.45, 7) is 1.94. The second kappa shape index (κ2) is 3.85. The van der Waals surface area contributed by atoms with E-state index in [9.17, 15) is 9.90 Å². The third kappa shape index (κ3) is 1.84. The number of hydrogen-bond acceptors (Lipinski definition) is 2. The molecule has 0 aliphatic rings. The van der Waals surface area contributed by atoms with Gasteiger partial charge in [-0.15, -0.1) is 0 Å². The molecule has 0 atom stereocenters. The van der Waals surface area contributed by atoms with Gasteiger partial charge in [-0.1, -0.05) is 24.3 Å². The predicted octanol–water partition coefficient (Wildman–Crippen LogP) is 2.48. The van der Waals surface area contributed by atoms with Crippen molar-refractivity contribution in [1.82, 2.24) is 0 Å². The number of rotatable bonds is 2. The van der Waals surface area contributed by atoms with Crippen molar-refractivity contribution in [1.29, 1.82) is 0 Å². The Morgan fingerprint density at radius 1 is 1.25 bits per heavy atom. The van der Waals surface area contributed by atoms with Gasteiger partial charge < -0.3 is 10.2 Å². The molecule has 2 N–H and O–H groups in total. The summed E-state index contributed by atoms with van der Waals surface area (Å²) >= 11 is 0. The molecule has 3 heteroatoms. The molecule has 0 fully saturated rings. The Morgan fingerprint density at radius 2 is 2.00 bits per heavy atom. The molecule has 16 heavy (non-hydrogen) atoms. The highest BCUT2D eigenvalue weighted by Crippen LogP contribution is 2.28. The van der Waals surface area contributed by atoms with Gasteiger partial charge in [0.2, 0.25) is 0 Å². The minimum atomic E-state index is -0.896. The fourth-order valence-corrected chi connectivity index (χ4v) is 1.85. The summed E-state index contributed by atoms with van der Waals surface area (Å²) in [4.78, 5) is 10.6. The summed E-state index contributed by atoms with van der Waals surface area (Å²) < 4.78 is 0. The highest BCUT2D eigenvalue weighted by atomic mass is 16.4. The normalized spacial score (nSPS) is 10.6. The Balaban J connectivity index is 2.65. The van der Waals surface area contributed by atoms with Gasteiger partial charge >= 0.3 is 5.97 Å². The van der Waals surface area contributed by atoms with E-state index in [1.165, 1.54) is 6.07 Å². The molecule has 0 amide bonds. The first-order chi connectivity index (χ1) is 7.58. The first-order valence-corrected chi connectivity index (χ1v) is 5.01. The first kappa shape index (κ1) is 10.5. The van der Waals surface area contributed by atoms with Gasteiger partial charge in [-0.05, 0) is 29.5 Å². The molecule has 0 aliphatic carbocycles. The van der Waals surface area contributed by atoms with Crippen LogP contribution in [0.5, 0.6) is 5.75 Å².